The number of hydrogen-bond acceptors (Lipinski definition) is 0. The van der Waals surface area contributed by atoms with Crippen molar-refractivity contribution in [2.45, 2.75) is 0 Å². The molecule has 2 aromatic rings. The quantitative estimate of drug-likeness (QED) is 0.537. The minimum atomic E-state index is 1.35. The molecule has 2 aromatic carbocycles. The van der Waals surface area contributed by atoms with Gasteiger partial charge in [-0.3, -0.25) is 0 Å². The first-order chi connectivity index (χ1) is 7.42. The van der Waals surface area contributed by atoms with Crippen molar-refractivity contribution < 1.29 is 0 Å². The molecule has 0 unspecified atom stereocenters. The zero-order chi connectivity index (χ0) is 10.3. The van der Waals surface area contributed by atoms with Crippen LogP contribution in [0.4, 0.5) is 0 Å². The molecule has 0 saturated heterocycles. The summed E-state index contributed by atoms with van der Waals surface area (Å²) in [5.74, 6) is 0. The van der Waals surface area contributed by atoms with Gasteiger partial charge in [-0.05, 0) is 31.9 Å². The minimum Gasteiger partial charge on any atom is -0.0616 e. The number of halogens is 1. The van der Waals surface area contributed by atoms with Gasteiger partial charge in [0.15, 0.2) is 0 Å². The van der Waals surface area contributed by atoms with Gasteiger partial charge < -0.3 is 0 Å². The van der Waals surface area contributed by atoms with E-state index in [1.165, 1.54) is 27.8 Å². The van der Waals surface area contributed by atoms with Crippen molar-refractivity contribution in [3.8, 4) is 11.1 Å². The summed E-state index contributed by atoms with van der Waals surface area (Å²) >= 11 is 2.32. The van der Waals surface area contributed by atoms with Crippen molar-refractivity contribution in [1.82, 2.24) is 0 Å². The van der Waals surface area contributed by atoms with Gasteiger partial charge >= 0.3 is 0 Å². The van der Waals surface area contributed by atoms with Crippen LogP contribution in [0, 0.1) is 0 Å². The van der Waals surface area contributed by atoms with Gasteiger partial charge in [-0.2, -0.15) is 0 Å². The second-order valence-electron chi connectivity index (χ2n) is 3.61. The lowest BCUT2D eigenvalue weighted by Gasteiger charge is -1.98. The van der Waals surface area contributed by atoms with Crippen LogP contribution in [-0.2, 0) is 0 Å². The predicted octanol–water partition coefficient (Wildman–Crippen LogP) is 4.49. The van der Waals surface area contributed by atoms with E-state index in [1.807, 2.05) is 0 Å². The fraction of sp³-hybridized carbons (Fsp3) is 0. The summed E-state index contributed by atoms with van der Waals surface area (Å²) in [4.78, 5) is 0. The van der Waals surface area contributed by atoms with Crippen LogP contribution in [0.3, 0.4) is 0 Å². The Bertz CT molecular complexity index is 505. The number of rotatable bonds is 0. The zero-order valence-corrected chi connectivity index (χ0v) is 10.2. The van der Waals surface area contributed by atoms with Gasteiger partial charge in [0.25, 0.3) is 0 Å². The molecule has 0 spiro atoms. The molecule has 1 heteroatoms. The maximum absolute atomic E-state index is 2.32. The van der Waals surface area contributed by atoms with E-state index < -0.39 is 0 Å². The summed E-state index contributed by atoms with van der Waals surface area (Å²) in [6.07, 6.45) is 0. The molecule has 0 atom stereocenters. The summed E-state index contributed by atoms with van der Waals surface area (Å²) in [7, 11) is 0. The lowest BCUT2D eigenvalue weighted by atomic mass is 10.1. The third-order valence-electron chi connectivity index (χ3n) is 2.83. The second-order valence-corrected chi connectivity index (χ2v) is 4.24. The highest BCUT2D eigenvalue weighted by Gasteiger charge is 2.21. The molecule has 0 N–H and O–H groups in total. The Balaban J connectivity index is 2.41. The van der Waals surface area contributed by atoms with E-state index in [9.17, 15) is 0 Å². The van der Waals surface area contributed by atoms with Crippen LogP contribution < -0.4 is 0 Å². The predicted molar refractivity (Wildman–Crippen MR) is 73.0 cm³/mol. The van der Waals surface area contributed by atoms with Crippen LogP contribution in [0.5, 0.6) is 0 Å². The topological polar surface area (TPSA) is 0 Å². The van der Waals surface area contributed by atoms with Gasteiger partial charge in [-0.15, -0.1) is 0 Å². The summed E-state index contributed by atoms with van der Waals surface area (Å²) < 4.78 is 2.17. The third kappa shape index (κ3) is 1.26. The molecule has 1 aliphatic carbocycles. The molecular formula is C14H9I. The summed E-state index contributed by atoms with van der Waals surface area (Å²) in [6, 6.07) is 17.2. The molecule has 0 heterocycles. The normalized spacial score (nSPS) is 12.2. The molecule has 0 aromatic heterocycles. The molecule has 0 bridgehead atoms. The summed E-state index contributed by atoms with van der Waals surface area (Å²) in [5.41, 5.74) is 6.77. The SMILES string of the molecule is IC=C1c2ccccc2-c2ccccc21. The van der Waals surface area contributed by atoms with Crippen LogP contribution in [-0.4, -0.2) is 0 Å². The lowest BCUT2D eigenvalue weighted by molar-refractivity contribution is 1.65. The molecule has 0 aliphatic heterocycles. The van der Waals surface area contributed by atoms with Crippen molar-refractivity contribution in [1.29, 1.82) is 0 Å². The van der Waals surface area contributed by atoms with Gasteiger partial charge in [0.05, 0.1) is 0 Å². The Hall–Kier alpha value is -1.09. The Morgan fingerprint density at radius 3 is 1.47 bits per heavy atom. The van der Waals surface area contributed by atoms with Gasteiger partial charge in [-0.1, -0.05) is 71.1 Å². The van der Waals surface area contributed by atoms with Crippen LogP contribution >= 0.6 is 22.6 Å². The molecule has 3 rings (SSSR count). The highest BCUT2D eigenvalue weighted by molar-refractivity contribution is 14.1. The Kier molecular flexibility index (Phi) is 2.13. The van der Waals surface area contributed by atoms with E-state index in [1.54, 1.807) is 0 Å². The van der Waals surface area contributed by atoms with E-state index in [4.69, 9.17) is 0 Å². The van der Waals surface area contributed by atoms with E-state index >= 15 is 0 Å². The highest BCUT2D eigenvalue weighted by atomic mass is 127. The standard InChI is InChI=1S/C14H9I/c15-9-14-12-7-3-1-5-10(12)11-6-2-4-8-13(11)14/h1-9H. The molecule has 0 fully saturated rings. The third-order valence-corrected chi connectivity index (χ3v) is 3.46. The first-order valence-electron chi connectivity index (χ1n) is 4.91. The summed E-state index contributed by atoms with van der Waals surface area (Å²) in [5, 5.41) is 0. The van der Waals surface area contributed by atoms with Crippen LogP contribution in [0.2, 0.25) is 0 Å². The largest absolute Gasteiger partial charge is 0.0616 e. The molecular weight excluding hydrogens is 295 g/mol. The number of hydrogen-bond donors (Lipinski definition) is 0. The molecule has 0 nitrogen and oxygen atoms in total. The minimum absolute atomic E-state index is 1.35. The van der Waals surface area contributed by atoms with Crippen molar-refractivity contribution >= 4 is 28.2 Å². The van der Waals surface area contributed by atoms with Crippen LogP contribution in [0.15, 0.2) is 52.6 Å². The van der Waals surface area contributed by atoms with Crippen LogP contribution in [0.1, 0.15) is 11.1 Å². The van der Waals surface area contributed by atoms with Crippen molar-refractivity contribution in [2.75, 3.05) is 0 Å². The summed E-state index contributed by atoms with van der Waals surface area (Å²) in [6.45, 7) is 0. The molecule has 0 saturated carbocycles. The average molecular weight is 304 g/mol. The molecule has 15 heavy (non-hydrogen) atoms. The average Bonchev–Trinajstić information content (AvgIpc) is 2.63. The fourth-order valence-corrected chi connectivity index (χ4v) is 2.84. The molecule has 0 radical (unpaired) electrons. The maximum atomic E-state index is 2.32. The van der Waals surface area contributed by atoms with E-state index in [-0.39, 0.29) is 0 Å². The smallest absolute Gasteiger partial charge is 0.00382 e. The van der Waals surface area contributed by atoms with Gasteiger partial charge in [0, 0.05) is 0 Å². The highest BCUT2D eigenvalue weighted by Crippen LogP contribution is 2.44. The lowest BCUT2D eigenvalue weighted by Crippen LogP contribution is -1.77. The monoisotopic (exact) mass is 304 g/mol. The molecule has 72 valence electrons. The first kappa shape index (κ1) is 9.16. The van der Waals surface area contributed by atoms with Gasteiger partial charge in [0.2, 0.25) is 0 Å². The Morgan fingerprint density at radius 1 is 0.667 bits per heavy atom. The fourth-order valence-electron chi connectivity index (χ4n) is 2.17. The number of fused-ring (bicyclic) bond motifs is 3. The maximum Gasteiger partial charge on any atom is -0.00382 e. The first-order valence-corrected chi connectivity index (χ1v) is 6.16. The van der Waals surface area contributed by atoms with E-state index in [0.717, 1.165) is 0 Å². The van der Waals surface area contributed by atoms with Gasteiger partial charge in [-0.25, -0.2) is 0 Å². The van der Waals surface area contributed by atoms with E-state index in [0.29, 0.717) is 0 Å². The van der Waals surface area contributed by atoms with Crippen molar-refractivity contribution in [3.63, 3.8) is 0 Å². The Labute approximate surface area is 103 Å². The Morgan fingerprint density at radius 2 is 1.07 bits per heavy atom. The molecule has 0 amide bonds. The van der Waals surface area contributed by atoms with Gasteiger partial charge in [0.1, 0.15) is 0 Å². The van der Waals surface area contributed by atoms with Crippen LogP contribution in [0.25, 0.3) is 16.7 Å². The molecule has 1 aliphatic rings. The zero-order valence-electron chi connectivity index (χ0n) is 8.07. The van der Waals surface area contributed by atoms with Crippen molar-refractivity contribution in [3.05, 3.63) is 63.7 Å². The van der Waals surface area contributed by atoms with E-state index in [2.05, 4.69) is 75.2 Å². The number of benzene rings is 2. The van der Waals surface area contributed by atoms with Crippen molar-refractivity contribution in [2.24, 2.45) is 0 Å². The second kappa shape index (κ2) is 3.49.